The standard InChI is InChI=1S/C28H34N4O3S.CH5N/c1-16(36-5)10-11-34-26-22-15-29-25(12-20(22)21(14-30-26)17(2)18-6-7-18)32-24-9-8-19-23(31-24)13-28(3,4)35-27(19)33;1-2/h8-9,12,14-18H,6-7,10-11,13H2,1-5H3,(H,29,31,32);2H2,1H3. The molecule has 8 nitrogen and oxygen atoms in total. The Morgan fingerprint density at radius 2 is 1.92 bits per heavy atom. The molecule has 5 rings (SSSR count). The van der Waals surface area contributed by atoms with E-state index in [0.717, 1.165) is 22.9 Å². The van der Waals surface area contributed by atoms with Crippen molar-refractivity contribution in [3.05, 3.63) is 47.4 Å². The number of esters is 1. The second-order valence-electron chi connectivity index (χ2n) is 10.6. The third-order valence-electron chi connectivity index (χ3n) is 7.16. The second-order valence-corrected chi connectivity index (χ2v) is 11.9. The molecule has 0 saturated heterocycles. The topological polar surface area (TPSA) is 112 Å². The number of hydrogen-bond donors (Lipinski definition) is 2. The summed E-state index contributed by atoms with van der Waals surface area (Å²) < 4.78 is 11.6. The Hall–Kier alpha value is -2.91. The van der Waals surface area contributed by atoms with Gasteiger partial charge >= 0.3 is 5.97 Å². The van der Waals surface area contributed by atoms with E-state index in [2.05, 4.69) is 42.2 Å². The number of aromatic nitrogens is 3. The Morgan fingerprint density at radius 3 is 2.63 bits per heavy atom. The molecule has 2 aliphatic rings. The predicted molar refractivity (Wildman–Crippen MR) is 155 cm³/mol. The van der Waals surface area contributed by atoms with Crippen molar-refractivity contribution >= 4 is 40.1 Å². The molecule has 0 bridgehead atoms. The van der Waals surface area contributed by atoms with Crippen molar-refractivity contribution in [3.8, 4) is 5.88 Å². The summed E-state index contributed by atoms with van der Waals surface area (Å²) in [5.41, 5.74) is 6.42. The Balaban J connectivity index is 0.00000164. The summed E-state index contributed by atoms with van der Waals surface area (Å²) in [5.74, 6) is 2.80. The molecule has 1 saturated carbocycles. The molecule has 38 heavy (non-hydrogen) atoms. The summed E-state index contributed by atoms with van der Waals surface area (Å²) in [6.07, 6.45) is 10.0. The number of nitrogens with two attached hydrogens (primary N) is 1. The van der Waals surface area contributed by atoms with Gasteiger partial charge in [0.2, 0.25) is 5.88 Å². The van der Waals surface area contributed by atoms with E-state index in [4.69, 9.17) is 19.4 Å². The van der Waals surface area contributed by atoms with Gasteiger partial charge in [0.05, 0.1) is 23.3 Å². The maximum atomic E-state index is 12.3. The molecule has 3 N–H and O–H groups in total. The molecule has 2 atom stereocenters. The predicted octanol–water partition coefficient (Wildman–Crippen LogP) is 5.87. The molecule has 1 fully saturated rings. The lowest BCUT2D eigenvalue weighted by molar-refractivity contribution is -0.00714. The van der Waals surface area contributed by atoms with Gasteiger partial charge in [-0.05, 0) is 87.4 Å². The highest BCUT2D eigenvalue weighted by molar-refractivity contribution is 7.99. The first-order chi connectivity index (χ1) is 18.2. The lowest BCUT2D eigenvalue weighted by Gasteiger charge is -2.30. The van der Waals surface area contributed by atoms with Crippen molar-refractivity contribution in [2.24, 2.45) is 11.7 Å². The molecule has 0 amide bonds. The van der Waals surface area contributed by atoms with E-state index < -0.39 is 5.60 Å². The van der Waals surface area contributed by atoms with Gasteiger partial charge < -0.3 is 20.5 Å². The third kappa shape index (κ3) is 6.38. The fraction of sp³-hybridized carbons (Fsp3) is 0.517. The zero-order valence-electron chi connectivity index (χ0n) is 23.2. The van der Waals surface area contributed by atoms with Gasteiger partial charge in [0.25, 0.3) is 0 Å². The minimum atomic E-state index is -0.568. The van der Waals surface area contributed by atoms with Crippen LogP contribution in [0.3, 0.4) is 0 Å². The number of thioether (sulfide) groups is 1. The Morgan fingerprint density at radius 1 is 1.16 bits per heavy atom. The average molecular weight is 538 g/mol. The number of cyclic esters (lactones) is 1. The van der Waals surface area contributed by atoms with Crippen LogP contribution in [0.5, 0.6) is 5.88 Å². The molecule has 1 aliphatic carbocycles. The number of carbonyl (C=O) groups excluding carboxylic acids is 1. The highest BCUT2D eigenvalue weighted by Gasteiger charge is 2.33. The van der Waals surface area contributed by atoms with Gasteiger partial charge in [0.15, 0.2) is 0 Å². The Kier molecular flexibility index (Phi) is 8.78. The SMILES string of the molecule is CN.CSC(C)CCOc1ncc(C(C)C2CC2)c2cc(Nc3ccc4c(n3)CC(C)(C)OC4=O)ncc12. The third-order valence-corrected chi connectivity index (χ3v) is 8.20. The molecule has 4 heterocycles. The molecule has 0 spiro atoms. The van der Waals surface area contributed by atoms with Crippen LogP contribution in [0.2, 0.25) is 0 Å². The molecular formula is C29H39N5O3S. The normalized spacial score (nSPS) is 17.5. The van der Waals surface area contributed by atoms with E-state index in [-0.39, 0.29) is 5.97 Å². The largest absolute Gasteiger partial charge is 0.477 e. The van der Waals surface area contributed by atoms with E-state index in [9.17, 15) is 4.79 Å². The van der Waals surface area contributed by atoms with E-state index in [1.807, 2.05) is 38.0 Å². The fourth-order valence-corrected chi connectivity index (χ4v) is 5.07. The Labute approximate surface area is 229 Å². The van der Waals surface area contributed by atoms with Gasteiger partial charge in [0.1, 0.15) is 17.2 Å². The summed E-state index contributed by atoms with van der Waals surface area (Å²) in [7, 11) is 1.50. The van der Waals surface area contributed by atoms with Crippen molar-refractivity contribution in [3.63, 3.8) is 0 Å². The second kappa shape index (κ2) is 11.9. The van der Waals surface area contributed by atoms with Gasteiger partial charge in [-0.3, -0.25) is 0 Å². The maximum Gasteiger partial charge on any atom is 0.340 e. The van der Waals surface area contributed by atoms with Crippen LogP contribution in [0, 0.1) is 5.92 Å². The van der Waals surface area contributed by atoms with Gasteiger partial charge in [0, 0.05) is 24.1 Å². The number of nitrogens with one attached hydrogen (secondary N) is 1. The zero-order chi connectivity index (χ0) is 27.4. The highest BCUT2D eigenvalue weighted by atomic mass is 32.2. The summed E-state index contributed by atoms with van der Waals surface area (Å²) in [6, 6.07) is 5.64. The first-order valence-electron chi connectivity index (χ1n) is 13.3. The number of fused-ring (bicyclic) bond motifs is 2. The smallest absolute Gasteiger partial charge is 0.340 e. The van der Waals surface area contributed by atoms with Gasteiger partial charge in [-0.2, -0.15) is 11.8 Å². The van der Waals surface area contributed by atoms with Gasteiger partial charge in [-0.25, -0.2) is 19.7 Å². The van der Waals surface area contributed by atoms with Crippen LogP contribution in [0.15, 0.2) is 30.6 Å². The number of anilines is 2. The van der Waals surface area contributed by atoms with Crippen LogP contribution in [0.1, 0.15) is 74.5 Å². The lowest BCUT2D eigenvalue weighted by atomic mass is 9.94. The van der Waals surface area contributed by atoms with Crippen LogP contribution in [0.25, 0.3) is 10.8 Å². The van der Waals surface area contributed by atoms with Crippen molar-refractivity contribution in [2.45, 2.75) is 70.1 Å². The lowest BCUT2D eigenvalue weighted by Crippen LogP contribution is -2.36. The van der Waals surface area contributed by atoms with Crippen molar-refractivity contribution < 1.29 is 14.3 Å². The number of nitrogens with zero attached hydrogens (tertiary/aromatic N) is 3. The van der Waals surface area contributed by atoms with E-state index in [0.29, 0.717) is 53.2 Å². The van der Waals surface area contributed by atoms with Crippen LogP contribution in [-0.2, 0) is 11.2 Å². The first kappa shape index (κ1) is 28.1. The molecule has 9 heteroatoms. The molecule has 3 aromatic rings. The summed E-state index contributed by atoms with van der Waals surface area (Å²) in [5, 5.41) is 5.93. The number of rotatable bonds is 9. The fourth-order valence-electron chi connectivity index (χ4n) is 4.74. The summed E-state index contributed by atoms with van der Waals surface area (Å²) in [4.78, 5) is 26.4. The number of ether oxygens (including phenoxy) is 2. The van der Waals surface area contributed by atoms with Gasteiger partial charge in [-0.15, -0.1) is 0 Å². The molecule has 2 unspecified atom stereocenters. The monoisotopic (exact) mass is 537 g/mol. The van der Waals surface area contributed by atoms with Gasteiger partial charge in [-0.1, -0.05) is 13.8 Å². The molecule has 0 aromatic carbocycles. The first-order valence-corrected chi connectivity index (χ1v) is 14.5. The van der Waals surface area contributed by atoms with Crippen LogP contribution >= 0.6 is 11.8 Å². The molecular weight excluding hydrogens is 498 g/mol. The van der Waals surface area contributed by atoms with Crippen molar-refractivity contribution in [1.29, 1.82) is 0 Å². The minimum absolute atomic E-state index is 0.324. The Bertz CT molecular complexity index is 1290. The highest BCUT2D eigenvalue weighted by Crippen LogP contribution is 2.45. The van der Waals surface area contributed by atoms with E-state index in [1.165, 1.54) is 25.5 Å². The average Bonchev–Trinajstić information content (AvgIpc) is 3.74. The van der Waals surface area contributed by atoms with E-state index >= 15 is 0 Å². The molecule has 0 radical (unpaired) electrons. The van der Waals surface area contributed by atoms with Crippen LogP contribution < -0.4 is 15.8 Å². The number of pyridine rings is 3. The zero-order valence-corrected chi connectivity index (χ0v) is 24.0. The number of hydrogen-bond acceptors (Lipinski definition) is 9. The van der Waals surface area contributed by atoms with Crippen molar-refractivity contribution in [1.82, 2.24) is 15.0 Å². The summed E-state index contributed by atoms with van der Waals surface area (Å²) >= 11 is 1.84. The minimum Gasteiger partial charge on any atom is -0.477 e. The number of carbonyl (C=O) groups is 1. The van der Waals surface area contributed by atoms with E-state index in [1.54, 1.807) is 12.1 Å². The molecule has 204 valence electrons. The quantitative estimate of drug-likeness (QED) is 0.324. The molecule has 3 aromatic heterocycles. The van der Waals surface area contributed by atoms with Crippen LogP contribution in [0.4, 0.5) is 11.6 Å². The van der Waals surface area contributed by atoms with Crippen LogP contribution in [-0.4, -0.2) is 51.7 Å². The van der Waals surface area contributed by atoms with Crippen molar-refractivity contribution in [2.75, 3.05) is 25.2 Å². The molecule has 1 aliphatic heterocycles. The maximum absolute atomic E-state index is 12.3. The summed E-state index contributed by atoms with van der Waals surface area (Å²) in [6.45, 7) is 8.92.